The molecule has 0 aromatic heterocycles. The maximum atomic E-state index is 11.7. The van der Waals surface area contributed by atoms with E-state index in [1.165, 1.54) is 5.56 Å². The van der Waals surface area contributed by atoms with Gasteiger partial charge in [0.2, 0.25) is 0 Å². The summed E-state index contributed by atoms with van der Waals surface area (Å²) in [4.78, 5) is 11.7. The van der Waals surface area contributed by atoms with E-state index in [1.54, 1.807) is 18.3 Å². The van der Waals surface area contributed by atoms with Crippen molar-refractivity contribution in [1.29, 1.82) is 0 Å². The maximum Gasteiger partial charge on any atom is 0.277 e. The van der Waals surface area contributed by atoms with Crippen molar-refractivity contribution in [2.75, 3.05) is 6.61 Å². The van der Waals surface area contributed by atoms with Crippen LogP contribution in [0, 0.1) is 6.92 Å². The summed E-state index contributed by atoms with van der Waals surface area (Å²) < 4.78 is 11.1. The van der Waals surface area contributed by atoms with Gasteiger partial charge in [0.25, 0.3) is 5.91 Å². The zero-order chi connectivity index (χ0) is 19.6. The van der Waals surface area contributed by atoms with E-state index in [4.69, 9.17) is 9.47 Å². The molecular weight excluding hydrogens is 352 g/mol. The normalized spacial score (nSPS) is 10.6. The molecule has 1 N–H and O–H groups in total. The van der Waals surface area contributed by atoms with Gasteiger partial charge in [0.15, 0.2) is 6.61 Å². The summed E-state index contributed by atoms with van der Waals surface area (Å²) in [5, 5.41) is 3.94. The third kappa shape index (κ3) is 6.29. The number of benzene rings is 3. The quantitative estimate of drug-likeness (QED) is 0.477. The molecule has 0 spiro atoms. The Morgan fingerprint density at radius 3 is 2.29 bits per heavy atom. The van der Waals surface area contributed by atoms with Crippen molar-refractivity contribution in [2.24, 2.45) is 5.10 Å². The van der Waals surface area contributed by atoms with E-state index in [-0.39, 0.29) is 12.5 Å². The van der Waals surface area contributed by atoms with Crippen LogP contribution >= 0.6 is 0 Å². The van der Waals surface area contributed by atoms with Gasteiger partial charge in [0, 0.05) is 0 Å². The lowest BCUT2D eigenvalue weighted by molar-refractivity contribution is -0.123. The number of rotatable bonds is 8. The number of nitrogens with one attached hydrogen (secondary N) is 1. The van der Waals surface area contributed by atoms with Crippen LogP contribution in [0.15, 0.2) is 84.0 Å². The first-order chi connectivity index (χ1) is 13.7. The summed E-state index contributed by atoms with van der Waals surface area (Å²) in [7, 11) is 0. The maximum absolute atomic E-state index is 11.7. The fourth-order valence-corrected chi connectivity index (χ4v) is 2.38. The molecule has 0 aliphatic carbocycles. The minimum absolute atomic E-state index is 0.0901. The minimum Gasteiger partial charge on any atom is -0.489 e. The number of hydrogen-bond acceptors (Lipinski definition) is 4. The van der Waals surface area contributed by atoms with Gasteiger partial charge in [-0.15, -0.1) is 0 Å². The van der Waals surface area contributed by atoms with Crippen molar-refractivity contribution < 1.29 is 14.3 Å². The Balaban J connectivity index is 1.41. The monoisotopic (exact) mass is 374 g/mol. The Kier molecular flexibility index (Phi) is 6.79. The van der Waals surface area contributed by atoms with Gasteiger partial charge in [-0.05, 0) is 54.4 Å². The molecule has 142 valence electrons. The molecule has 5 heteroatoms. The smallest absolute Gasteiger partial charge is 0.277 e. The third-order valence-corrected chi connectivity index (χ3v) is 3.92. The van der Waals surface area contributed by atoms with Crippen LogP contribution < -0.4 is 14.9 Å². The number of hydrogen-bond donors (Lipinski definition) is 1. The molecule has 0 heterocycles. The Bertz CT molecular complexity index is 905. The van der Waals surface area contributed by atoms with Crippen molar-refractivity contribution in [3.63, 3.8) is 0 Å². The predicted octanol–water partition coefficient (Wildman–Crippen LogP) is 4.10. The SMILES string of the molecule is Cc1ccc(COc2ccc(C=NNC(=O)COc3ccccc3)cc2)cc1. The summed E-state index contributed by atoms with van der Waals surface area (Å²) in [6.45, 7) is 2.49. The first-order valence-electron chi connectivity index (χ1n) is 8.97. The van der Waals surface area contributed by atoms with Crippen molar-refractivity contribution in [3.8, 4) is 11.5 Å². The van der Waals surface area contributed by atoms with E-state index in [0.717, 1.165) is 16.9 Å². The van der Waals surface area contributed by atoms with Gasteiger partial charge >= 0.3 is 0 Å². The first-order valence-corrected chi connectivity index (χ1v) is 8.97. The molecule has 0 aliphatic heterocycles. The van der Waals surface area contributed by atoms with Crippen LogP contribution in [0.2, 0.25) is 0 Å². The van der Waals surface area contributed by atoms with Gasteiger partial charge < -0.3 is 9.47 Å². The highest BCUT2D eigenvalue weighted by Crippen LogP contribution is 2.14. The van der Waals surface area contributed by atoms with Crippen LogP contribution in [0.25, 0.3) is 0 Å². The summed E-state index contributed by atoms with van der Waals surface area (Å²) in [5.41, 5.74) is 5.64. The Labute approximate surface area is 164 Å². The van der Waals surface area contributed by atoms with Crippen molar-refractivity contribution >= 4 is 12.1 Å². The second kappa shape index (κ2) is 9.92. The van der Waals surface area contributed by atoms with Crippen LogP contribution in [0.3, 0.4) is 0 Å². The second-order valence-electron chi connectivity index (χ2n) is 6.24. The lowest BCUT2D eigenvalue weighted by Crippen LogP contribution is -2.24. The highest BCUT2D eigenvalue weighted by atomic mass is 16.5. The average Bonchev–Trinajstić information content (AvgIpc) is 2.73. The second-order valence-corrected chi connectivity index (χ2v) is 6.24. The summed E-state index contributed by atoms with van der Waals surface area (Å²) >= 11 is 0. The molecule has 28 heavy (non-hydrogen) atoms. The van der Waals surface area contributed by atoms with Gasteiger partial charge in [-0.2, -0.15) is 5.10 Å². The van der Waals surface area contributed by atoms with E-state index >= 15 is 0 Å². The highest BCUT2D eigenvalue weighted by Gasteiger charge is 2.01. The molecule has 0 unspecified atom stereocenters. The molecule has 0 atom stereocenters. The lowest BCUT2D eigenvalue weighted by atomic mass is 10.2. The van der Waals surface area contributed by atoms with Crippen LogP contribution in [-0.2, 0) is 11.4 Å². The Morgan fingerprint density at radius 1 is 0.893 bits per heavy atom. The number of hydrazone groups is 1. The molecule has 3 aromatic rings. The Morgan fingerprint density at radius 2 is 1.57 bits per heavy atom. The molecule has 0 radical (unpaired) electrons. The fraction of sp³-hybridized carbons (Fsp3) is 0.130. The summed E-state index contributed by atoms with van der Waals surface area (Å²) in [6, 6.07) is 24.9. The minimum atomic E-state index is -0.321. The van der Waals surface area contributed by atoms with E-state index in [2.05, 4.69) is 41.7 Å². The van der Waals surface area contributed by atoms with Crippen LogP contribution in [-0.4, -0.2) is 18.7 Å². The Hall–Kier alpha value is -3.60. The average molecular weight is 374 g/mol. The fourth-order valence-electron chi connectivity index (χ4n) is 2.38. The molecule has 0 aliphatic rings. The number of carbonyl (C=O) groups excluding carboxylic acids is 1. The molecule has 0 bridgehead atoms. The molecule has 0 saturated carbocycles. The largest absolute Gasteiger partial charge is 0.489 e. The molecule has 5 nitrogen and oxygen atoms in total. The highest BCUT2D eigenvalue weighted by molar-refractivity contribution is 5.83. The zero-order valence-electron chi connectivity index (χ0n) is 15.7. The molecule has 0 fully saturated rings. The third-order valence-electron chi connectivity index (χ3n) is 3.92. The van der Waals surface area contributed by atoms with Crippen molar-refractivity contribution in [1.82, 2.24) is 5.43 Å². The number of para-hydroxylation sites is 1. The topological polar surface area (TPSA) is 59.9 Å². The molecule has 3 rings (SSSR count). The van der Waals surface area contributed by atoms with Gasteiger partial charge in [-0.25, -0.2) is 5.43 Å². The molecule has 3 aromatic carbocycles. The lowest BCUT2D eigenvalue weighted by Gasteiger charge is -2.07. The summed E-state index contributed by atoms with van der Waals surface area (Å²) in [6.07, 6.45) is 1.57. The molecule has 1 amide bonds. The van der Waals surface area contributed by atoms with Gasteiger partial charge in [0.05, 0.1) is 6.21 Å². The van der Waals surface area contributed by atoms with E-state index in [9.17, 15) is 4.79 Å². The van der Waals surface area contributed by atoms with Gasteiger partial charge in [-0.1, -0.05) is 48.0 Å². The predicted molar refractivity (Wildman–Crippen MR) is 110 cm³/mol. The molecule has 0 saturated heterocycles. The first kappa shape index (κ1) is 19.2. The van der Waals surface area contributed by atoms with E-state index in [0.29, 0.717) is 12.4 Å². The van der Waals surface area contributed by atoms with Crippen LogP contribution in [0.5, 0.6) is 11.5 Å². The number of amides is 1. The number of nitrogens with zero attached hydrogens (tertiary/aromatic N) is 1. The van der Waals surface area contributed by atoms with Gasteiger partial charge in [-0.3, -0.25) is 4.79 Å². The van der Waals surface area contributed by atoms with Crippen molar-refractivity contribution in [3.05, 3.63) is 95.6 Å². The number of aryl methyl sites for hydroxylation is 1. The molecular formula is C23H22N2O3. The van der Waals surface area contributed by atoms with E-state index < -0.39 is 0 Å². The standard InChI is InChI=1S/C23H22N2O3/c1-18-7-9-20(10-8-18)16-27-22-13-11-19(12-14-22)15-24-25-23(26)17-28-21-5-3-2-4-6-21/h2-15H,16-17H2,1H3,(H,25,26). The zero-order valence-corrected chi connectivity index (χ0v) is 15.7. The van der Waals surface area contributed by atoms with Gasteiger partial charge in [0.1, 0.15) is 18.1 Å². The van der Waals surface area contributed by atoms with Crippen LogP contribution in [0.4, 0.5) is 0 Å². The number of carbonyl (C=O) groups is 1. The van der Waals surface area contributed by atoms with E-state index in [1.807, 2.05) is 42.5 Å². The number of ether oxygens (including phenoxy) is 2. The summed E-state index contributed by atoms with van der Waals surface area (Å²) in [5.74, 6) is 1.10. The van der Waals surface area contributed by atoms with Crippen LogP contribution in [0.1, 0.15) is 16.7 Å². The van der Waals surface area contributed by atoms with Crippen molar-refractivity contribution in [2.45, 2.75) is 13.5 Å².